The Morgan fingerprint density at radius 3 is 2.47 bits per heavy atom. The molecule has 5 aromatic rings. The van der Waals surface area contributed by atoms with Gasteiger partial charge in [0, 0.05) is 29.9 Å². The fourth-order valence-electron chi connectivity index (χ4n) is 3.60. The number of alkyl halides is 3. The Kier molecular flexibility index (Phi) is 4.70. The second kappa shape index (κ2) is 7.45. The number of rotatable bonds is 3. The first-order valence-corrected chi connectivity index (χ1v) is 10.4. The molecule has 5 nitrogen and oxygen atoms in total. The van der Waals surface area contributed by atoms with E-state index in [1.807, 2.05) is 30.3 Å². The monoisotopic (exact) mass is 452 g/mol. The standard InChI is InChI=1S/C23H15F3N4OS/c1-30-11-10-27-21(30)20-28-17-16(14-8-5-9-15(12-14)23(24,25)26)18(13-6-3-2-4-7-13)32-19(17)22(31)29-20/h2-12H,1H3,(H,28,29,31). The van der Waals surface area contributed by atoms with Crippen molar-refractivity contribution < 1.29 is 13.2 Å². The number of aryl methyl sites for hydroxylation is 1. The number of aromatic amines is 1. The third-order valence-electron chi connectivity index (χ3n) is 5.09. The van der Waals surface area contributed by atoms with Crippen LogP contribution in [0.4, 0.5) is 13.2 Å². The number of nitrogens with zero attached hydrogens (tertiary/aromatic N) is 3. The molecule has 0 aliphatic carbocycles. The first-order chi connectivity index (χ1) is 15.3. The maximum Gasteiger partial charge on any atom is 0.416 e. The van der Waals surface area contributed by atoms with Crippen LogP contribution in [0.3, 0.4) is 0 Å². The van der Waals surface area contributed by atoms with Crippen molar-refractivity contribution in [1.29, 1.82) is 0 Å². The minimum absolute atomic E-state index is 0.251. The predicted molar refractivity (Wildman–Crippen MR) is 118 cm³/mol. The lowest BCUT2D eigenvalue weighted by atomic mass is 9.99. The van der Waals surface area contributed by atoms with E-state index >= 15 is 0 Å². The van der Waals surface area contributed by atoms with Crippen LogP contribution in [0.5, 0.6) is 0 Å². The Morgan fingerprint density at radius 2 is 1.78 bits per heavy atom. The van der Waals surface area contributed by atoms with Gasteiger partial charge in [0.05, 0.1) is 11.1 Å². The summed E-state index contributed by atoms with van der Waals surface area (Å²) in [6.45, 7) is 0. The van der Waals surface area contributed by atoms with Gasteiger partial charge in [-0.15, -0.1) is 11.3 Å². The maximum absolute atomic E-state index is 13.4. The van der Waals surface area contributed by atoms with Gasteiger partial charge in [-0.2, -0.15) is 13.2 Å². The minimum atomic E-state index is -4.49. The third-order valence-corrected chi connectivity index (χ3v) is 6.32. The normalized spacial score (nSPS) is 11.9. The molecule has 5 rings (SSSR count). The molecule has 32 heavy (non-hydrogen) atoms. The molecule has 160 valence electrons. The molecule has 0 spiro atoms. The highest BCUT2D eigenvalue weighted by atomic mass is 32.1. The van der Waals surface area contributed by atoms with Gasteiger partial charge in [-0.3, -0.25) is 4.79 Å². The zero-order valence-corrected chi connectivity index (χ0v) is 17.5. The number of thiophene rings is 1. The highest BCUT2D eigenvalue weighted by Crippen LogP contribution is 2.44. The molecule has 0 radical (unpaired) electrons. The number of fused-ring (bicyclic) bond motifs is 1. The number of benzene rings is 2. The van der Waals surface area contributed by atoms with Gasteiger partial charge >= 0.3 is 6.18 Å². The van der Waals surface area contributed by atoms with Gasteiger partial charge < -0.3 is 9.55 Å². The average Bonchev–Trinajstić information content (AvgIpc) is 3.38. The number of aromatic nitrogens is 4. The first kappa shape index (κ1) is 20.2. The molecular weight excluding hydrogens is 437 g/mol. The van der Waals surface area contributed by atoms with Crippen LogP contribution in [-0.4, -0.2) is 19.5 Å². The molecule has 0 amide bonds. The Balaban J connectivity index is 1.86. The average molecular weight is 452 g/mol. The van der Waals surface area contributed by atoms with Gasteiger partial charge in [0.2, 0.25) is 0 Å². The number of H-pyrrole nitrogens is 1. The third kappa shape index (κ3) is 3.40. The summed E-state index contributed by atoms with van der Waals surface area (Å²) in [6.07, 6.45) is -1.19. The smallest absolute Gasteiger partial charge is 0.331 e. The van der Waals surface area contributed by atoms with Gasteiger partial charge in [0.1, 0.15) is 4.70 Å². The van der Waals surface area contributed by atoms with E-state index in [9.17, 15) is 18.0 Å². The van der Waals surface area contributed by atoms with Gasteiger partial charge in [-0.1, -0.05) is 42.5 Å². The molecule has 9 heteroatoms. The number of hydrogen-bond donors (Lipinski definition) is 1. The zero-order chi connectivity index (χ0) is 22.5. The van der Waals surface area contributed by atoms with E-state index in [1.54, 1.807) is 30.1 Å². The van der Waals surface area contributed by atoms with Gasteiger partial charge in [0.25, 0.3) is 5.56 Å². The van der Waals surface area contributed by atoms with Crippen LogP contribution in [0.15, 0.2) is 71.8 Å². The number of nitrogens with one attached hydrogen (secondary N) is 1. The van der Waals surface area contributed by atoms with Crippen LogP contribution in [0.2, 0.25) is 0 Å². The van der Waals surface area contributed by atoms with Crippen molar-refractivity contribution in [1.82, 2.24) is 19.5 Å². The molecule has 0 bridgehead atoms. The molecule has 0 fully saturated rings. The van der Waals surface area contributed by atoms with Crippen LogP contribution < -0.4 is 5.56 Å². The van der Waals surface area contributed by atoms with Crippen LogP contribution in [0.25, 0.3) is 43.4 Å². The van der Waals surface area contributed by atoms with E-state index in [0.29, 0.717) is 32.0 Å². The summed E-state index contributed by atoms with van der Waals surface area (Å²) in [5.74, 6) is 0.701. The lowest BCUT2D eigenvalue weighted by molar-refractivity contribution is -0.137. The molecule has 1 N–H and O–H groups in total. The van der Waals surface area contributed by atoms with E-state index in [0.717, 1.165) is 17.7 Å². The fraction of sp³-hybridized carbons (Fsp3) is 0.0870. The van der Waals surface area contributed by atoms with Crippen LogP contribution >= 0.6 is 11.3 Å². The zero-order valence-electron chi connectivity index (χ0n) is 16.6. The lowest BCUT2D eigenvalue weighted by Crippen LogP contribution is -2.10. The molecule has 3 aromatic heterocycles. The Bertz CT molecular complexity index is 1500. The molecular formula is C23H15F3N4OS. The number of imidazole rings is 1. The topological polar surface area (TPSA) is 63.6 Å². The summed E-state index contributed by atoms with van der Waals surface area (Å²) in [5, 5.41) is 0. The van der Waals surface area contributed by atoms with Crippen LogP contribution in [0, 0.1) is 0 Å². The SMILES string of the molecule is Cn1ccnc1-c1nc2c(-c3cccc(C(F)(F)F)c3)c(-c3ccccc3)sc2c(=O)[nH]1. The van der Waals surface area contributed by atoms with Crippen molar-refractivity contribution in [2.45, 2.75) is 6.18 Å². The molecule has 0 saturated carbocycles. The minimum Gasteiger partial charge on any atom is -0.331 e. The predicted octanol–water partition coefficient (Wildman–Crippen LogP) is 5.74. The van der Waals surface area contributed by atoms with Crippen molar-refractivity contribution >= 4 is 21.6 Å². The van der Waals surface area contributed by atoms with Crippen molar-refractivity contribution in [3.8, 4) is 33.2 Å². The van der Waals surface area contributed by atoms with Gasteiger partial charge in [-0.25, -0.2) is 9.97 Å². The maximum atomic E-state index is 13.4. The molecule has 3 heterocycles. The molecule has 0 atom stereocenters. The van der Waals surface area contributed by atoms with E-state index in [4.69, 9.17) is 0 Å². The second-order valence-corrected chi connectivity index (χ2v) is 8.23. The summed E-state index contributed by atoms with van der Waals surface area (Å²) in [4.78, 5) is 25.3. The van der Waals surface area contributed by atoms with Crippen molar-refractivity contribution in [3.05, 3.63) is 82.9 Å². The van der Waals surface area contributed by atoms with Crippen molar-refractivity contribution in [2.24, 2.45) is 7.05 Å². The van der Waals surface area contributed by atoms with E-state index in [2.05, 4.69) is 15.0 Å². The molecule has 2 aromatic carbocycles. The summed E-state index contributed by atoms with van der Waals surface area (Å²) in [5.41, 5.74) is 0.837. The summed E-state index contributed by atoms with van der Waals surface area (Å²) < 4.78 is 42.3. The highest BCUT2D eigenvalue weighted by molar-refractivity contribution is 7.22. The molecule has 0 aliphatic rings. The quantitative estimate of drug-likeness (QED) is 0.380. The van der Waals surface area contributed by atoms with Crippen molar-refractivity contribution in [3.63, 3.8) is 0 Å². The largest absolute Gasteiger partial charge is 0.416 e. The molecule has 0 aliphatic heterocycles. The summed E-state index contributed by atoms with van der Waals surface area (Å²) in [7, 11) is 1.77. The first-order valence-electron chi connectivity index (χ1n) is 9.60. The van der Waals surface area contributed by atoms with Crippen LogP contribution in [0.1, 0.15) is 5.56 Å². The summed E-state index contributed by atoms with van der Waals surface area (Å²) in [6, 6.07) is 14.3. The second-order valence-electron chi connectivity index (χ2n) is 7.20. The number of halogens is 3. The Hall–Kier alpha value is -3.72. The van der Waals surface area contributed by atoms with E-state index < -0.39 is 11.7 Å². The molecule has 0 saturated heterocycles. The van der Waals surface area contributed by atoms with Gasteiger partial charge in [0.15, 0.2) is 11.6 Å². The Labute approximate surface area is 183 Å². The lowest BCUT2D eigenvalue weighted by Gasteiger charge is -2.10. The van der Waals surface area contributed by atoms with Crippen LogP contribution in [-0.2, 0) is 13.2 Å². The highest BCUT2D eigenvalue weighted by Gasteiger charge is 2.31. The fourth-order valence-corrected chi connectivity index (χ4v) is 4.76. The summed E-state index contributed by atoms with van der Waals surface area (Å²) >= 11 is 1.21. The van der Waals surface area contributed by atoms with E-state index in [-0.39, 0.29) is 11.4 Å². The molecule has 0 unspecified atom stereocenters. The Morgan fingerprint density at radius 1 is 1.03 bits per heavy atom. The van der Waals surface area contributed by atoms with Crippen molar-refractivity contribution in [2.75, 3.05) is 0 Å². The number of hydrogen-bond acceptors (Lipinski definition) is 4. The van der Waals surface area contributed by atoms with E-state index in [1.165, 1.54) is 17.4 Å². The van der Waals surface area contributed by atoms with Gasteiger partial charge in [-0.05, 0) is 23.3 Å².